The van der Waals surface area contributed by atoms with E-state index in [9.17, 15) is 0 Å². The number of halogens is 1. The summed E-state index contributed by atoms with van der Waals surface area (Å²) in [5, 5.41) is 10.7. The van der Waals surface area contributed by atoms with Crippen LogP contribution in [0.4, 0.5) is 0 Å². The van der Waals surface area contributed by atoms with Crippen LogP contribution in [-0.4, -0.2) is 38.7 Å². The average Bonchev–Trinajstić information content (AvgIpc) is 3.05. The molecule has 0 aliphatic heterocycles. The molecule has 0 aliphatic carbocycles. The van der Waals surface area contributed by atoms with Gasteiger partial charge in [0.1, 0.15) is 0 Å². The largest absolute Gasteiger partial charge is 0.300 e. The summed E-state index contributed by atoms with van der Waals surface area (Å²) in [7, 11) is 4.08. The number of hydrogen-bond acceptors (Lipinski definition) is 5. The Balaban J connectivity index is 2.01. The van der Waals surface area contributed by atoms with E-state index in [1.54, 1.807) is 18.0 Å². The van der Waals surface area contributed by atoms with E-state index in [0.29, 0.717) is 5.02 Å². The van der Waals surface area contributed by atoms with Gasteiger partial charge in [-0.15, -0.1) is 10.2 Å². The van der Waals surface area contributed by atoms with Crippen molar-refractivity contribution >= 4 is 23.4 Å². The van der Waals surface area contributed by atoms with Crippen molar-refractivity contribution in [2.24, 2.45) is 0 Å². The molecule has 7 heteroatoms. The van der Waals surface area contributed by atoms with Gasteiger partial charge in [-0.05, 0) is 63.8 Å². The molecule has 0 aliphatic rings. The van der Waals surface area contributed by atoms with Crippen LogP contribution in [0.3, 0.4) is 0 Å². The molecule has 26 heavy (non-hydrogen) atoms. The fourth-order valence-corrected chi connectivity index (χ4v) is 3.64. The summed E-state index contributed by atoms with van der Waals surface area (Å²) in [4.78, 5) is 6.34. The number of thioether (sulfide) groups is 1. The van der Waals surface area contributed by atoms with Crippen LogP contribution in [0, 0.1) is 0 Å². The van der Waals surface area contributed by atoms with Crippen molar-refractivity contribution in [3.05, 3.63) is 65.2 Å². The summed E-state index contributed by atoms with van der Waals surface area (Å²) in [5.74, 6) is 0.901. The molecule has 0 unspecified atom stereocenters. The van der Waals surface area contributed by atoms with Gasteiger partial charge < -0.3 is 0 Å². The summed E-state index contributed by atoms with van der Waals surface area (Å²) in [6.07, 6.45) is 3.68. The first-order valence-electron chi connectivity index (χ1n) is 8.41. The van der Waals surface area contributed by atoms with E-state index < -0.39 is 0 Å². The van der Waals surface area contributed by atoms with Crippen LogP contribution in [-0.2, 0) is 0 Å². The Kier molecular flexibility index (Phi) is 5.96. The van der Waals surface area contributed by atoms with Crippen molar-refractivity contribution in [2.75, 3.05) is 14.1 Å². The molecule has 0 spiro atoms. The molecule has 1 aromatic carbocycles. The minimum atomic E-state index is 0.126. The Hall–Kier alpha value is -1.89. The van der Waals surface area contributed by atoms with Gasteiger partial charge in [-0.3, -0.25) is 14.5 Å². The van der Waals surface area contributed by atoms with Crippen molar-refractivity contribution in [1.82, 2.24) is 24.6 Å². The van der Waals surface area contributed by atoms with Crippen LogP contribution >= 0.6 is 23.4 Å². The van der Waals surface area contributed by atoms with Crippen LogP contribution in [0.1, 0.15) is 36.5 Å². The minimum absolute atomic E-state index is 0.126. The molecule has 0 bridgehead atoms. The Bertz CT molecular complexity index is 848. The van der Waals surface area contributed by atoms with E-state index in [0.717, 1.165) is 22.2 Å². The summed E-state index contributed by atoms with van der Waals surface area (Å²) in [6, 6.07) is 11.9. The highest BCUT2D eigenvalue weighted by Crippen LogP contribution is 2.36. The summed E-state index contributed by atoms with van der Waals surface area (Å²) in [5.41, 5.74) is 2.16. The third-order valence-corrected chi connectivity index (χ3v) is 5.68. The zero-order chi connectivity index (χ0) is 18.7. The maximum absolute atomic E-state index is 6.07. The number of hydrogen-bond donors (Lipinski definition) is 0. The van der Waals surface area contributed by atoms with E-state index >= 15 is 0 Å². The smallest absolute Gasteiger partial charge is 0.196 e. The number of nitrogens with zero attached hydrogens (tertiary/aromatic N) is 5. The zero-order valence-electron chi connectivity index (χ0n) is 15.3. The summed E-state index contributed by atoms with van der Waals surface area (Å²) < 4.78 is 2.11. The topological polar surface area (TPSA) is 46.8 Å². The Morgan fingerprint density at radius 3 is 2.42 bits per heavy atom. The first-order chi connectivity index (χ1) is 12.5. The summed E-state index contributed by atoms with van der Waals surface area (Å²) >= 11 is 7.74. The number of benzene rings is 1. The first-order valence-corrected chi connectivity index (χ1v) is 9.67. The lowest BCUT2D eigenvalue weighted by Crippen LogP contribution is -2.20. The average molecular weight is 388 g/mol. The number of rotatable bonds is 6. The van der Waals surface area contributed by atoms with E-state index in [2.05, 4.69) is 44.6 Å². The van der Waals surface area contributed by atoms with Gasteiger partial charge in [-0.2, -0.15) is 0 Å². The Labute approximate surface area is 163 Å². The monoisotopic (exact) mass is 387 g/mol. The van der Waals surface area contributed by atoms with E-state index in [1.165, 1.54) is 0 Å². The highest BCUT2D eigenvalue weighted by Gasteiger charge is 2.22. The van der Waals surface area contributed by atoms with Gasteiger partial charge in [0, 0.05) is 28.4 Å². The van der Waals surface area contributed by atoms with Crippen molar-refractivity contribution in [2.45, 2.75) is 30.3 Å². The lowest BCUT2D eigenvalue weighted by Gasteiger charge is -2.21. The molecule has 0 saturated carbocycles. The van der Waals surface area contributed by atoms with Crippen molar-refractivity contribution in [1.29, 1.82) is 0 Å². The molecule has 5 nitrogen and oxygen atoms in total. The molecule has 2 atom stereocenters. The highest BCUT2D eigenvalue weighted by atomic mass is 35.5. The lowest BCUT2D eigenvalue weighted by atomic mass is 10.2. The molecule has 2 heterocycles. The first kappa shape index (κ1) is 18.9. The summed E-state index contributed by atoms with van der Waals surface area (Å²) in [6.45, 7) is 4.27. The van der Waals surface area contributed by atoms with Gasteiger partial charge in [-0.1, -0.05) is 29.4 Å². The van der Waals surface area contributed by atoms with Crippen LogP contribution < -0.4 is 0 Å². The molecule has 0 saturated heterocycles. The SMILES string of the molecule is C[C@H](Sc1nnc([C@H](C)N(C)C)n1-c1ccc(Cl)cc1)c1cccnc1. The second-order valence-electron chi connectivity index (χ2n) is 6.34. The molecule has 0 radical (unpaired) electrons. The predicted molar refractivity (Wildman–Crippen MR) is 107 cm³/mol. The standard InChI is InChI=1S/C19H22ClN5S/c1-13(24(3)4)18-22-23-19(25(18)17-9-7-16(20)8-10-17)26-14(2)15-6-5-11-21-12-15/h5-14H,1-4H3/t13-,14-/m0/s1. The van der Waals surface area contributed by atoms with E-state index in [-0.39, 0.29) is 11.3 Å². The molecule has 0 N–H and O–H groups in total. The van der Waals surface area contributed by atoms with Crippen LogP contribution in [0.5, 0.6) is 0 Å². The van der Waals surface area contributed by atoms with Crippen LogP contribution in [0.2, 0.25) is 5.02 Å². The molecule has 0 fully saturated rings. The van der Waals surface area contributed by atoms with Gasteiger partial charge in [0.05, 0.1) is 6.04 Å². The van der Waals surface area contributed by atoms with Gasteiger partial charge in [0.25, 0.3) is 0 Å². The molecular weight excluding hydrogens is 366 g/mol. The normalized spacial score (nSPS) is 13.8. The van der Waals surface area contributed by atoms with Gasteiger partial charge in [0.15, 0.2) is 11.0 Å². The molecule has 136 valence electrons. The van der Waals surface area contributed by atoms with Crippen molar-refractivity contribution in [3.8, 4) is 5.69 Å². The van der Waals surface area contributed by atoms with Gasteiger partial charge in [-0.25, -0.2) is 0 Å². The van der Waals surface area contributed by atoms with Crippen LogP contribution in [0.15, 0.2) is 53.9 Å². The Morgan fingerprint density at radius 2 is 1.81 bits per heavy atom. The fraction of sp³-hybridized carbons (Fsp3) is 0.316. The van der Waals surface area contributed by atoms with Gasteiger partial charge >= 0.3 is 0 Å². The number of pyridine rings is 1. The van der Waals surface area contributed by atoms with Crippen LogP contribution in [0.25, 0.3) is 5.69 Å². The fourth-order valence-electron chi connectivity index (χ4n) is 2.53. The molecule has 2 aromatic heterocycles. The van der Waals surface area contributed by atoms with E-state index in [4.69, 9.17) is 11.6 Å². The van der Waals surface area contributed by atoms with Crippen molar-refractivity contribution in [3.63, 3.8) is 0 Å². The molecule has 0 amide bonds. The second-order valence-corrected chi connectivity index (χ2v) is 8.08. The minimum Gasteiger partial charge on any atom is -0.300 e. The lowest BCUT2D eigenvalue weighted by molar-refractivity contribution is 0.305. The molecule has 3 rings (SSSR count). The maximum Gasteiger partial charge on any atom is 0.196 e. The molecule has 3 aromatic rings. The number of aromatic nitrogens is 4. The van der Waals surface area contributed by atoms with E-state index in [1.807, 2.05) is 50.6 Å². The second kappa shape index (κ2) is 8.20. The zero-order valence-corrected chi connectivity index (χ0v) is 16.9. The van der Waals surface area contributed by atoms with Crippen molar-refractivity contribution < 1.29 is 0 Å². The van der Waals surface area contributed by atoms with Gasteiger partial charge in [0.2, 0.25) is 0 Å². The predicted octanol–water partition coefficient (Wildman–Crippen LogP) is 4.79. The third-order valence-electron chi connectivity index (χ3n) is 4.33. The Morgan fingerprint density at radius 1 is 1.08 bits per heavy atom. The quantitative estimate of drug-likeness (QED) is 0.569. The third kappa shape index (κ3) is 4.09. The highest BCUT2D eigenvalue weighted by molar-refractivity contribution is 7.99. The maximum atomic E-state index is 6.07. The molecular formula is C19H22ClN5S.